The van der Waals surface area contributed by atoms with Crippen molar-refractivity contribution in [3.8, 4) is 0 Å². The van der Waals surface area contributed by atoms with Crippen molar-refractivity contribution < 1.29 is 9.53 Å². The lowest BCUT2D eigenvalue weighted by atomic mass is 10.2. The second-order valence-corrected chi connectivity index (χ2v) is 3.52. The first-order valence-corrected chi connectivity index (χ1v) is 4.72. The van der Waals surface area contributed by atoms with Crippen LogP contribution in [0.4, 0.5) is 4.79 Å². The van der Waals surface area contributed by atoms with E-state index in [2.05, 4.69) is 32.6 Å². The molecule has 74 valence electrons. The molecule has 0 spiro atoms. The van der Waals surface area contributed by atoms with Crippen LogP contribution in [0.1, 0.15) is 5.56 Å². The Labute approximate surface area is 90.9 Å². The maximum atomic E-state index is 10.9. The molecule has 1 rings (SSSR count). The average Bonchev–Trinajstić information content (AvgIpc) is 2.18. The molecule has 1 aromatic carbocycles. The molecule has 0 aliphatic carbocycles. The van der Waals surface area contributed by atoms with Gasteiger partial charge >= 0.3 is 6.09 Å². The molecule has 4 heteroatoms. The minimum Gasteiger partial charge on any atom is -0.453 e. The summed E-state index contributed by atoms with van der Waals surface area (Å²) in [6.07, 6.45) is -0.516. The number of amides is 1. The molecule has 0 radical (unpaired) electrons. The lowest BCUT2D eigenvalue weighted by Crippen LogP contribution is -2.20. The van der Waals surface area contributed by atoms with Gasteiger partial charge in [0.15, 0.2) is 0 Å². The topological polar surface area (TPSA) is 38.3 Å². The summed E-state index contributed by atoms with van der Waals surface area (Å²) in [5, 5.41) is 2.49. The zero-order chi connectivity index (χ0) is 10.6. The van der Waals surface area contributed by atoms with Crippen LogP contribution in [0, 0.1) is 0 Å². The number of ether oxygens (including phenoxy) is 1. The van der Waals surface area contributed by atoms with Crippen LogP contribution in [0.5, 0.6) is 0 Å². The maximum absolute atomic E-state index is 10.9. The van der Waals surface area contributed by atoms with Gasteiger partial charge in [0.1, 0.15) is 0 Å². The van der Waals surface area contributed by atoms with Crippen molar-refractivity contribution >= 4 is 27.7 Å². The van der Waals surface area contributed by atoms with Crippen molar-refractivity contribution in [1.82, 2.24) is 5.32 Å². The Balaban J connectivity index is 2.70. The summed E-state index contributed by atoms with van der Waals surface area (Å²) in [4.78, 5) is 10.9. The Morgan fingerprint density at radius 1 is 1.43 bits per heavy atom. The highest BCUT2D eigenvalue weighted by molar-refractivity contribution is 9.10. The summed E-state index contributed by atoms with van der Waals surface area (Å²) in [5.41, 5.74) is 1.36. The van der Waals surface area contributed by atoms with E-state index in [0.717, 1.165) is 10.0 Å². The van der Waals surface area contributed by atoms with E-state index in [9.17, 15) is 4.79 Å². The summed E-state index contributed by atoms with van der Waals surface area (Å²) in [6, 6.07) is 7.45. The number of methoxy groups -OCH3 is 1. The van der Waals surface area contributed by atoms with E-state index >= 15 is 0 Å². The molecule has 0 bridgehead atoms. The molecule has 0 aliphatic heterocycles. The van der Waals surface area contributed by atoms with Crippen LogP contribution in [-0.2, 0) is 4.74 Å². The molecule has 0 unspecified atom stereocenters. The van der Waals surface area contributed by atoms with Crippen LogP contribution >= 0.6 is 15.9 Å². The van der Waals surface area contributed by atoms with Crippen molar-refractivity contribution in [2.24, 2.45) is 0 Å². The second kappa shape index (κ2) is 4.81. The summed E-state index contributed by atoms with van der Waals surface area (Å²) < 4.78 is 5.42. The molecule has 3 nitrogen and oxygen atoms in total. The predicted octanol–water partition coefficient (Wildman–Crippen LogP) is 2.78. The van der Waals surface area contributed by atoms with Gasteiger partial charge < -0.3 is 4.74 Å². The fraction of sp³-hybridized carbons (Fsp3) is 0.100. The fourth-order valence-corrected chi connectivity index (χ4v) is 1.16. The van der Waals surface area contributed by atoms with Crippen molar-refractivity contribution in [1.29, 1.82) is 0 Å². The molecule has 1 amide bonds. The van der Waals surface area contributed by atoms with E-state index in [1.54, 1.807) is 0 Å². The zero-order valence-electron chi connectivity index (χ0n) is 7.71. The molecule has 14 heavy (non-hydrogen) atoms. The quantitative estimate of drug-likeness (QED) is 0.883. The van der Waals surface area contributed by atoms with Crippen LogP contribution in [-0.4, -0.2) is 13.2 Å². The van der Waals surface area contributed by atoms with Gasteiger partial charge in [-0.3, -0.25) is 5.32 Å². The van der Waals surface area contributed by atoms with Crippen LogP contribution in [0.25, 0.3) is 5.70 Å². The van der Waals surface area contributed by atoms with E-state index in [1.165, 1.54) is 7.11 Å². The van der Waals surface area contributed by atoms with Crippen LogP contribution in [0.15, 0.2) is 35.3 Å². The predicted molar refractivity (Wildman–Crippen MR) is 58.7 cm³/mol. The Bertz CT molecular complexity index is 346. The highest BCUT2D eigenvalue weighted by atomic mass is 79.9. The van der Waals surface area contributed by atoms with Crippen molar-refractivity contribution in [3.63, 3.8) is 0 Å². The third kappa shape index (κ3) is 2.88. The minimum absolute atomic E-state index is 0.516. The lowest BCUT2D eigenvalue weighted by Gasteiger charge is -2.06. The summed E-state index contributed by atoms with van der Waals surface area (Å²) >= 11 is 3.32. The first-order chi connectivity index (χ1) is 6.63. The molecule has 0 fully saturated rings. The van der Waals surface area contributed by atoms with Crippen LogP contribution < -0.4 is 5.32 Å². The van der Waals surface area contributed by atoms with E-state index in [1.807, 2.05) is 24.3 Å². The van der Waals surface area contributed by atoms with Gasteiger partial charge in [-0.2, -0.15) is 0 Å². The van der Waals surface area contributed by atoms with Gasteiger partial charge in [-0.15, -0.1) is 0 Å². The van der Waals surface area contributed by atoms with Gasteiger partial charge in [-0.05, 0) is 17.7 Å². The minimum atomic E-state index is -0.516. The average molecular weight is 256 g/mol. The molecule has 0 aromatic heterocycles. The molecule has 0 saturated carbocycles. The van der Waals surface area contributed by atoms with Gasteiger partial charge in [0.2, 0.25) is 0 Å². The molecule has 0 heterocycles. The largest absolute Gasteiger partial charge is 0.453 e. The monoisotopic (exact) mass is 255 g/mol. The van der Waals surface area contributed by atoms with Gasteiger partial charge in [-0.1, -0.05) is 34.6 Å². The number of benzene rings is 1. The lowest BCUT2D eigenvalue weighted by molar-refractivity contribution is 0.176. The summed E-state index contributed by atoms with van der Waals surface area (Å²) in [7, 11) is 1.31. The maximum Gasteiger partial charge on any atom is 0.411 e. The molecule has 1 aromatic rings. The number of hydrogen-bond donors (Lipinski definition) is 1. The molecule has 0 saturated heterocycles. The number of hydrogen-bond acceptors (Lipinski definition) is 2. The highest BCUT2D eigenvalue weighted by Gasteiger charge is 2.03. The zero-order valence-corrected chi connectivity index (χ0v) is 9.30. The summed E-state index contributed by atoms with van der Waals surface area (Å²) in [5.74, 6) is 0. The van der Waals surface area contributed by atoms with E-state index < -0.39 is 6.09 Å². The molecular formula is C10H10BrNO2. The van der Waals surface area contributed by atoms with Crippen molar-refractivity contribution in [3.05, 3.63) is 40.9 Å². The van der Waals surface area contributed by atoms with E-state index in [-0.39, 0.29) is 0 Å². The SMILES string of the molecule is C=C(NC(=O)OC)c1ccc(Br)cc1. The molecule has 0 aliphatic rings. The van der Waals surface area contributed by atoms with Crippen molar-refractivity contribution in [2.75, 3.05) is 7.11 Å². The Morgan fingerprint density at radius 2 is 2.00 bits per heavy atom. The number of alkyl carbamates (subject to hydrolysis) is 1. The smallest absolute Gasteiger partial charge is 0.411 e. The van der Waals surface area contributed by atoms with E-state index in [4.69, 9.17) is 0 Å². The summed E-state index contributed by atoms with van der Waals surface area (Å²) in [6.45, 7) is 3.72. The van der Waals surface area contributed by atoms with Gasteiger partial charge in [0, 0.05) is 10.2 Å². The van der Waals surface area contributed by atoms with Gasteiger partial charge in [0.25, 0.3) is 0 Å². The number of carbonyl (C=O) groups is 1. The van der Waals surface area contributed by atoms with Crippen molar-refractivity contribution in [2.45, 2.75) is 0 Å². The third-order valence-corrected chi connectivity index (χ3v) is 2.16. The van der Waals surface area contributed by atoms with Crippen LogP contribution in [0.2, 0.25) is 0 Å². The normalized spacial score (nSPS) is 9.29. The molecule has 0 atom stereocenters. The highest BCUT2D eigenvalue weighted by Crippen LogP contribution is 2.14. The second-order valence-electron chi connectivity index (χ2n) is 2.60. The standard InChI is InChI=1S/C10H10BrNO2/c1-7(12-10(13)14-2)8-3-5-9(11)6-4-8/h3-6H,1H2,2H3,(H,12,13). The molecule has 1 N–H and O–H groups in total. The Morgan fingerprint density at radius 3 is 2.50 bits per heavy atom. The van der Waals surface area contributed by atoms with Gasteiger partial charge in [-0.25, -0.2) is 4.79 Å². The number of carbonyl (C=O) groups excluding carboxylic acids is 1. The first kappa shape index (κ1) is 10.8. The third-order valence-electron chi connectivity index (χ3n) is 1.63. The number of halogens is 1. The van der Waals surface area contributed by atoms with Gasteiger partial charge in [0.05, 0.1) is 7.11 Å². The molecular weight excluding hydrogens is 246 g/mol. The number of nitrogens with one attached hydrogen (secondary N) is 1. The van der Waals surface area contributed by atoms with Crippen LogP contribution in [0.3, 0.4) is 0 Å². The Hall–Kier alpha value is -1.29. The Kier molecular flexibility index (Phi) is 3.71. The fourth-order valence-electron chi connectivity index (χ4n) is 0.897. The first-order valence-electron chi connectivity index (χ1n) is 3.93. The van der Waals surface area contributed by atoms with E-state index in [0.29, 0.717) is 5.70 Å². The number of rotatable bonds is 2.